The first-order valence-electron chi connectivity index (χ1n) is 5.19. The Morgan fingerprint density at radius 2 is 2.20 bits per heavy atom. The predicted octanol–water partition coefficient (Wildman–Crippen LogP) is 2.32. The van der Waals surface area contributed by atoms with E-state index < -0.39 is 0 Å². The molecular formula is C12H12N2O. The van der Waals surface area contributed by atoms with Gasteiger partial charge in [0.25, 0.3) is 0 Å². The molecule has 2 aromatic rings. The number of aromatic amines is 1. The number of ketones is 1. The van der Waals surface area contributed by atoms with Crippen LogP contribution >= 0.6 is 0 Å². The Kier molecular flexibility index (Phi) is 1.69. The van der Waals surface area contributed by atoms with Gasteiger partial charge in [0.1, 0.15) is 11.4 Å². The monoisotopic (exact) mass is 200 g/mol. The van der Waals surface area contributed by atoms with E-state index in [2.05, 4.69) is 22.1 Å². The third-order valence-corrected chi connectivity index (χ3v) is 3.02. The number of Topliss-reactive ketones (excluding diaryl/α,β-unsaturated/α-hetero) is 1. The summed E-state index contributed by atoms with van der Waals surface area (Å²) in [6, 6.07) is 4.23. The van der Waals surface area contributed by atoms with Crippen LogP contribution < -0.4 is 0 Å². The van der Waals surface area contributed by atoms with Gasteiger partial charge >= 0.3 is 0 Å². The number of pyridine rings is 1. The zero-order valence-corrected chi connectivity index (χ0v) is 8.58. The van der Waals surface area contributed by atoms with Crippen molar-refractivity contribution < 1.29 is 4.79 Å². The number of aryl methyl sites for hydroxylation is 1. The minimum Gasteiger partial charge on any atom is -0.343 e. The molecule has 1 N–H and O–H groups in total. The van der Waals surface area contributed by atoms with E-state index in [1.807, 2.05) is 13.1 Å². The smallest absolute Gasteiger partial charge is 0.137 e. The SMILES string of the molecule is Cc1cnc2[nH]c(C3CC(=O)C3)cc2c1. The quantitative estimate of drug-likeness (QED) is 0.767. The van der Waals surface area contributed by atoms with Crippen LogP contribution in [0.25, 0.3) is 11.0 Å². The number of hydrogen-bond acceptors (Lipinski definition) is 2. The van der Waals surface area contributed by atoms with Crippen LogP contribution in [0.4, 0.5) is 0 Å². The molecule has 0 radical (unpaired) electrons. The van der Waals surface area contributed by atoms with Gasteiger partial charge in [-0.3, -0.25) is 4.79 Å². The fraction of sp³-hybridized carbons (Fsp3) is 0.333. The third-order valence-electron chi connectivity index (χ3n) is 3.02. The first-order chi connectivity index (χ1) is 7.22. The van der Waals surface area contributed by atoms with E-state index in [1.165, 1.54) is 0 Å². The van der Waals surface area contributed by atoms with E-state index in [-0.39, 0.29) is 0 Å². The molecule has 0 aliphatic heterocycles. The molecule has 1 aliphatic rings. The Bertz CT molecular complexity index is 534. The molecule has 0 amide bonds. The highest BCUT2D eigenvalue weighted by atomic mass is 16.1. The highest BCUT2D eigenvalue weighted by Crippen LogP contribution is 2.34. The summed E-state index contributed by atoms with van der Waals surface area (Å²) in [5.74, 6) is 0.759. The normalized spacial score (nSPS) is 17.0. The van der Waals surface area contributed by atoms with Gasteiger partial charge in [-0.15, -0.1) is 0 Å². The molecule has 76 valence electrons. The molecule has 0 spiro atoms. The van der Waals surface area contributed by atoms with Crippen molar-refractivity contribution in [2.24, 2.45) is 0 Å². The van der Waals surface area contributed by atoms with Gasteiger partial charge in [-0.25, -0.2) is 4.98 Å². The largest absolute Gasteiger partial charge is 0.343 e. The Hall–Kier alpha value is -1.64. The molecule has 0 bridgehead atoms. The van der Waals surface area contributed by atoms with E-state index in [0.717, 1.165) is 22.3 Å². The first kappa shape index (κ1) is 8.65. The Morgan fingerprint density at radius 3 is 2.93 bits per heavy atom. The Balaban J connectivity index is 2.03. The summed E-state index contributed by atoms with van der Waals surface area (Å²) in [5.41, 5.74) is 3.25. The van der Waals surface area contributed by atoms with Crippen LogP contribution in [0.1, 0.15) is 30.0 Å². The number of nitrogens with one attached hydrogen (secondary N) is 1. The maximum Gasteiger partial charge on any atom is 0.137 e. The van der Waals surface area contributed by atoms with Crippen LogP contribution in [-0.2, 0) is 4.79 Å². The molecule has 0 saturated heterocycles. The third kappa shape index (κ3) is 1.35. The molecule has 1 fully saturated rings. The summed E-state index contributed by atoms with van der Waals surface area (Å²) < 4.78 is 0. The number of carbonyl (C=O) groups excluding carboxylic acids is 1. The number of aromatic nitrogens is 2. The molecular weight excluding hydrogens is 188 g/mol. The molecule has 15 heavy (non-hydrogen) atoms. The van der Waals surface area contributed by atoms with Crippen LogP contribution in [0.5, 0.6) is 0 Å². The summed E-state index contributed by atoms with van der Waals surface area (Å²) in [6.07, 6.45) is 3.23. The highest BCUT2D eigenvalue weighted by molar-refractivity contribution is 5.87. The van der Waals surface area contributed by atoms with Crippen LogP contribution in [0, 0.1) is 6.92 Å². The van der Waals surface area contributed by atoms with E-state index >= 15 is 0 Å². The minimum atomic E-state index is 0.364. The van der Waals surface area contributed by atoms with E-state index in [9.17, 15) is 4.79 Å². The zero-order chi connectivity index (χ0) is 10.4. The van der Waals surface area contributed by atoms with Gasteiger partial charge in [0.15, 0.2) is 0 Å². The van der Waals surface area contributed by atoms with Crippen LogP contribution in [0.15, 0.2) is 18.3 Å². The topological polar surface area (TPSA) is 45.8 Å². The van der Waals surface area contributed by atoms with Crippen molar-refractivity contribution in [3.8, 4) is 0 Å². The van der Waals surface area contributed by atoms with Crippen molar-refractivity contribution in [3.05, 3.63) is 29.6 Å². The molecule has 3 rings (SSSR count). The lowest BCUT2D eigenvalue weighted by Gasteiger charge is -2.22. The second-order valence-corrected chi connectivity index (χ2v) is 4.32. The maximum atomic E-state index is 10.9. The summed E-state index contributed by atoms with van der Waals surface area (Å²) in [6.45, 7) is 2.03. The lowest BCUT2D eigenvalue weighted by Crippen LogP contribution is -2.21. The van der Waals surface area contributed by atoms with Crippen molar-refractivity contribution in [2.45, 2.75) is 25.7 Å². The molecule has 3 heteroatoms. The molecule has 0 unspecified atom stereocenters. The van der Waals surface area contributed by atoms with Crippen molar-refractivity contribution in [2.75, 3.05) is 0 Å². The first-order valence-corrected chi connectivity index (χ1v) is 5.19. The summed E-state index contributed by atoms with van der Waals surface area (Å²) >= 11 is 0. The van der Waals surface area contributed by atoms with E-state index in [1.54, 1.807) is 0 Å². The zero-order valence-electron chi connectivity index (χ0n) is 8.58. The molecule has 0 atom stereocenters. The molecule has 1 saturated carbocycles. The Labute approximate surface area is 87.5 Å². The maximum absolute atomic E-state index is 10.9. The van der Waals surface area contributed by atoms with Crippen LogP contribution in [0.2, 0.25) is 0 Å². The predicted molar refractivity (Wildman–Crippen MR) is 57.8 cm³/mol. The highest BCUT2D eigenvalue weighted by Gasteiger charge is 2.29. The number of hydrogen-bond donors (Lipinski definition) is 1. The van der Waals surface area contributed by atoms with E-state index in [4.69, 9.17) is 0 Å². The van der Waals surface area contributed by atoms with Crippen LogP contribution in [0.3, 0.4) is 0 Å². The van der Waals surface area contributed by atoms with Gasteiger partial charge in [-0.2, -0.15) is 0 Å². The van der Waals surface area contributed by atoms with Gasteiger partial charge in [0.2, 0.25) is 0 Å². The molecule has 2 aromatic heterocycles. The van der Waals surface area contributed by atoms with Crippen LogP contribution in [-0.4, -0.2) is 15.8 Å². The van der Waals surface area contributed by atoms with Crippen molar-refractivity contribution in [3.63, 3.8) is 0 Å². The average Bonchev–Trinajstić information content (AvgIpc) is 2.55. The second-order valence-electron chi connectivity index (χ2n) is 4.32. The Morgan fingerprint density at radius 1 is 1.40 bits per heavy atom. The number of fused-ring (bicyclic) bond motifs is 1. The van der Waals surface area contributed by atoms with Crippen molar-refractivity contribution in [1.29, 1.82) is 0 Å². The summed E-state index contributed by atoms with van der Waals surface area (Å²) in [5, 5.41) is 1.14. The second kappa shape index (κ2) is 2.92. The van der Waals surface area contributed by atoms with Gasteiger partial charge in [0.05, 0.1) is 0 Å². The standard InChI is InChI=1S/C12H12N2O/c1-7-2-9-5-11(8-3-10(15)4-8)14-12(9)13-6-7/h2,5-6,8H,3-4H2,1H3,(H,13,14). The number of rotatable bonds is 1. The van der Waals surface area contributed by atoms with Crippen molar-refractivity contribution in [1.82, 2.24) is 9.97 Å². The van der Waals surface area contributed by atoms with E-state index in [0.29, 0.717) is 24.5 Å². The number of H-pyrrole nitrogens is 1. The van der Waals surface area contributed by atoms with Crippen molar-refractivity contribution >= 4 is 16.8 Å². The fourth-order valence-corrected chi connectivity index (χ4v) is 2.08. The summed E-state index contributed by atoms with van der Waals surface area (Å²) in [7, 11) is 0. The lowest BCUT2D eigenvalue weighted by molar-refractivity contribution is -0.124. The molecule has 3 nitrogen and oxygen atoms in total. The minimum absolute atomic E-state index is 0.364. The van der Waals surface area contributed by atoms with Gasteiger partial charge in [-0.05, 0) is 24.6 Å². The number of carbonyl (C=O) groups is 1. The summed E-state index contributed by atoms with van der Waals surface area (Å²) in [4.78, 5) is 18.5. The number of nitrogens with zero attached hydrogens (tertiary/aromatic N) is 1. The van der Waals surface area contributed by atoms with Gasteiger partial charge in [0, 0.05) is 36.0 Å². The van der Waals surface area contributed by atoms with Gasteiger partial charge in [-0.1, -0.05) is 0 Å². The van der Waals surface area contributed by atoms with Gasteiger partial charge < -0.3 is 4.98 Å². The molecule has 2 heterocycles. The average molecular weight is 200 g/mol. The fourth-order valence-electron chi connectivity index (χ4n) is 2.08. The molecule has 0 aromatic carbocycles. The molecule has 1 aliphatic carbocycles. The lowest BCUT2D eigenvalue weighted by atomic mass is 9.82.